The number of carbonyl (C=O) groups excluding carboxylic acids is 1. The topological polar surface area (TPSA) is 50.8 Å². The molecule has 0 radical (unpaired) electrons. The Kier molecular flexibility index (Phi) is 8.29. The van der Waals surface area contributed by atoms with Gasteiger partial charge in [0.2, 0.25) is 0 Å². The van der Waals surface area contributed by atoms with Crippen molar-refractivity contribution in [3.63, 3.8) is 0 Å². The van der Waals surface area contributed by atoms with Gasteiger partial charge in [-0.1, -0.05) is 57.2 Å². The Bertz CT molecular complexity index is 781. The number of hydrogen-bond donors (Lipinski definition) is 1. The van der Waals surface area contributed by atoms with E-state index < -0.39 is 0 Å². The molecule has 162 valence electrons. The normalized spacial score (nSPS) is 15.7. The predicted molar refractivity (Wildman–Crippen MR) is 120 cm³/mol. The zero-order valence-corrected chi connectivity index (χ0v) is 18.4. The van der Waals surface area contributed by atoms with Crippen molar-refractivity contribution in [1.29, 1.82) is 0 Å². The molecule has 1 aliphatic rings. The first kappa shape index (κ1) is 22.3. The van der Waals surface area contributed by atoms with Crippen LogP contribution in [0.25, 0.3) is 0 Å². The fourth-order valence-electron chi connectivity index (χ4n) is 3.68. The summed E-state index contributed by atoms with van der Waals surface area (Å²) in [5.41, 5.74) is 3.80. The number of benzene rings is 2. The number of morpholine rings is 1. The highest BCUT2D eigenvalue weighted by atomic mass is 16.5. The molecule has 30 heavy (non-hydrogen) atoms. The smallest absolute Gasteiger partial charge is 0.258 e. The molecule has 1 aliphatic heterocycles. The van der Waals surface area contributed by atoms with Gasteiger partial charge in [0.05, 0.1) is 19.3 Å². The fourth-order valence-corrected chi connectivity index (χ4v) is 3.68. The van der Waals surface area contributed by atoms with Crippen LogP contribution in [-0.2, 0) is 16.0 Å². The van der Waals surface area contributed by atoms with Gasteiger partial charge in [0, 0.05) is 19.6 Å². The predicted octanol–water partition coefficient (Wildman–Crippen LogP) is 3.94. The standard InChI is InChI=1S/C25H34N2O3/c1-4-20-5-11-23(12-6-20)30-18-25(28)26-17-24(27-13-15-29-16-14-27)22-9-7-21(8-10-22)19(2)3/h5-12,19,24H,4,13-18H2,1-3H3,(H,26,28)/t24-/m1/s1. The van der Waals surface area contributed by atoms with Gasteiger partial charge in [0.1, 0.15) is 5.75 Å². The third-order valence-electron chi connectivity index (χ3n) is 5.67. The first-order valence-corrected chi connectivity index (χ1v) is 11.0. The van der Waals surface area contributed by atoms with Crippen molar-refractivity contribution in [1.82, 2.24) is 10.2 Å². The Morgan fingerprint density at radius 1 is 1.03 bits per heavy atom. The van der Waals surface area contributed by atoms with Crippen LogP contribution >= 0.6 is 0 Å². The average molecular weight is 411 g/mol. The Balaban J connectivity index is 1.58. The number of amides is 1. The van der Waals surface area contributed by atoms with Gasteiger partial charge < -0.3 is 14.8 Å². The van der Waals surface area contributed by atoms with Gasteiger partial charge in [-0.15, -0.1) is 0 Å². The van der Waals surface area contributed by atoms with Gasteiger partial charge >= 0.3 is 0 Å². The van der Waals surface area contributed by atoms with E-state index in [0.29, 0.717) is 12.5 Å². The van der Waals surface area contributed by atoms with E-state index >= 15 is 0 Å². The van der Waals surface area contributed by atoms with Crippen molar-refractivity contribution >= 4 is 5.91 Å². The third kappa shape index (κ3) is 6.31. The highest BCUT2D eigenvalue weighted by Crippen LogP contribution is 2.24. The number of carbonyl (C=O) groups is 1. The number of ether oxygens (including phenoxy) is 2. The summed E-state index contributed by atoms with van der Waals surface area (Å²) in [5.74, 6) is 1.12. The van der Waals surface area contributed by atoms with Crippen molar-refractivity contribution in [3.8, 4) is 5.75 Å². The zero-order chi connectivity index (χ0) is 21.3. The summed E-state index contributed by atoms with van der Waals surface area (Å²) in [6, 6.07) is 16.8. The lowest BCUT2D eigenvalue weighted by Gasteiger charge is -2.35. The minimum Gasteiger partial charge on any atom is -0.484 e. The van der Waals surface area contributed by atoms with Gasteiger partial charge in [-0.3, -0.25) is 9.69 Å². The molecule has 1 saturated heterocycles. The highest BCUT2D eigenvalue weighted by molar-refractivity contribution is 5.77. The Hall–Kier alpha value is -2.37. The summed E-state index contributed by atoms with van der Waals surface area (Å²) in [6.45, 7) is 10.3. The molecule has 3 rings (SSSR count). The van der Waals surface area contributed by atoms with Gasteiger partial charge in [-0.05, 0) is 41.2 Å². The molecule has 0 bridgehead atoms. The molecule has 0 unspecified atom stereocenters. The Morgan fingerprint density at radius 2 is 1.67 bits per heavy atom. The van der Waals surface area contributed by atoms with Crippen LogP contribution < -0.4 is 10.1 Å². The van der Waals surface area contributed by atoms with Crippen molar-refractivity contribution < 1.29 is 14.3 Å². The number of nitrogens with one attached hydrogen (secondary N) is 1. The van der Waals surface area contributed by atoms with E-state index in [1.165, 1.54) is 16.7 Å². The van der Waals surface area contributed by atoms with Gasteiger partial charge in [-0.2, -0.15) is 0 Å². The van der Waals surface area contributed by atoms with E-state index in [9.17, 15) is 4.79 Å². The number of aryl methyl sites for hydroxylation is 1. The van der Waals surface area contributed by atoms with Crippen LogP contribution in [0.2, 0.25) is 0 Å². The van der Waals surface area contributed by atoms with E-state index in [0.717, 1.165) is 38.5 Å². The lowest BCUT2D eigenvalue weighted by molar-refractivity contribution is -0.123. The second-order valence-electron chi connectivity index (χ2n) is 8.08. The van der Waals surface area contributed by atoms with E-state index in [4.69, 9.17) is 9.47 Å². The summed E-state index contributed by atoms with van der Waals surface area (Å²) in [5, 5.41) is 3.06. The fraction of sp³-hybridized carbons (Fsp3) is 0.480. The summed E-state index contributed by atoms with van der Waals surface area (Å²) in [7, 11) is 0. The van der Waals surface area contributed by atoms with Crippen LogP contribution in [0, 0.1) is 0 Å². The molecule has 0 aromatic heterocycles. The first-order chi connectivity index (χ1) is 14.6. The molecular formula is C25H34N2O3. The molecule has 1 amide bonds. The van der Waals surface area contributed by atoms with E-state index in [-0.39, 0.29) is 18.6 Å². The molecule has 2 aromatic rings. The molecule has 0 aliphatic carbocycles. The maximum Gasteiger partial charge on any atom is 0.258 e. The molecular weight excluding hydrogens is 376 g/mol. The molecule has 1 N–H and O–H groups in total. The SMILES string of the molecule is CCc1ccc(OCC(=O)NC[C@H](c2ccc(C(C)C)cc2)N2CCOCC2)cc1. The van der Waals surface area contributed by atoms with Crippen molar-refractivity contribution in [2.24, 2.45) is 0 Å². The Morgan fingerprint density at radius 3 is 2.27 bits per heavy atom. The quantitative estimate of drug-likeness (QED) is 0.680. The summed E-state index contributed by atoms with van der Waals surface area (Å²) in [4.78, 5) is 14.8. The lowest BCUT2D eigenvalue weighted by atomic mass is 9.98. The molecule has 5 heteroatoms. The minimum absolute atomic E-state index is 0.0214. The van der Waals surface area contributed by atoms with E-state index in [1.807, 2.05) is 24.3 Å². The molecule has 0 spiro atoms. The van der Waals surface area contributed by atoms with Crippen LogP contribution in [0.5, 0.6) is 5.75 Å². The molecule has 1 atom stereocenters. The molecule has 0 saturated carbocycles. The third-order valence-corrected chi connectivity index (χ3v) is 5.67. The highest BCUT2D eigenvalue weighted by Gasteiger charge is 2.23. The van der Waals surface area contributed by atoms with Crippen molar-refractivity contribution in [2.45, 2.75) is 39.2 Å². The molecule has 2 aromatic carbocycles. The Labute approximate surface area is 180 Å². The number of rotatable bonds is 9. The van der Waals surface area contributed by atoms with Crippen molar-refractivity contribution in [2.75, 3.05) is 39.5 Å². The van der Waals surface area contributed by atoms with E-state index in [1.54, 1.807) is 0 Å². The van der Waals surface area contributed by atoms with Gasteiger partial charge in [0.15, 0.2) is 6.61 Å². The summed E-state index contributed by atoms with van der Waals surface area (Å²) >= 11 is 0. The van der Waals surface area contributed by atoms with Crippen LogP contribution in [0.3, 0.4) is 0 Å². The molecule has 5 nitrogen and oxygen atoms in total. The first-order valence-electron chi connectivity index (χ1n) is 11.0. The zero-order valence-electron chi connectivity index (χ0n) is 18.4. The average Bonchev–Trinajstić information content (AvgIpc) is 2.79. The lowest BCUT2D eigenvalue weighted by Crippen LogP contribution is -2.44. The monoisotopic (exact) mass is 410 g/mol. The van der Waals surface area contributed by atoms with Gasteiger partial charge in [0.25, 0.3) is 5.91 Å². The largest absolute Gasteiger partial charge is 0.484 e. The maximum absolute atomic E-state index is 12.4. The second-order valence-corrected chi connectivity index (χ2v) is 8.08. The van der Waals surface area contributed by atoms with Crippen molar-refractivity contribution in [3.05, 3.63) is 65.2 Å². The summed E-state index contributed by atoms with van der Waals surface area (Å²) in [6.07, 6.45) is 0.988. The molecule has 1 heterocycles. The van der Waals surface area contributed by atoms with Crippen LogP contribution in [0.4, 0.5) is 0 Å². The van der Waals surface area contributed by atoms with Gasteiger partial charge in [-0.25, -0.2) is 0 Å². The summed E-state index contributed by atoms with van der Waals surface area (Å²) < 4.78 is 11.2. The van der Waals surface area contributed by atoms with Crippen LogP contribution in [0.1, 0.15) is 49.4 Å². The molecule has 1 fully saturated rings. The number of hydrogen-bond acceptors (Lipinski definition) is 4. The number of nitrogens with zero attached hydrogens (tertiary/aromatic N) is 1. The van der Waals surface area contributed by atoms with Crippen LogP contribution in [-0.4, -0.2) is 50.3 Å². The minimum atomic E-state index is -0.105. The van der Waals surface area contributed by atoms with E-state index in [2.05, 4.69) is 55.3 Å². The second kappa shape index (κ2) is 11.1. The maximum atomic E-state index is 12.4. The van der Waals surface area contributed by atoms with Crippen LogP contribution in [0.15, 0.2) is 48.5 Å².